The molecule has 0 aliphatic carbocycles. The van der Waals surface area contributed by atoms with Crippen LogP contribution in [0.2, 0.25) is 0 Å². The van der Waals surface area contributed by atoms with Crippen LogP contribution < -0.4 is 0 Å². The van der Waals surface area contributed by atoms with Gasteiger partial charge in [-0.25, -0.2) is 0 Å². The van der Waals surface area contributed by atoms with Gasteiger partial charge in [0, 0.05) is 19.2 Å². The predicted molar refractivity (Wildman–Crippen MR) is 45.3 cm³/mol. The van der Waals surface area contributed by atoms with Crippen LogP contribution in [0.5, 0.6) is 0 Å². The summed E-state index contributed by atoms with van der Waals surface area (Å²) in [6.45, 7) is 3.57. The van der Waals surface area contributed by atoms with Crippen LogP contribution in [0.4, 0.5) is 0 Å². The van der Waals surface area contributed by atoms with E-state index in [2.05, 4.69) is 30.8 Å². The molecule has 2 unspecified atom stereocenters. The summed E-state index contributed by atoms with van der Waals surface area (Å²) in [6, 6.07) is 0.542. The molecule has 66 valence electrons. The fourth-order valence-corrected chi connectivity index (χ4v) is 1.67. The minimum absolute atomic E-state index is 0.301. The van der Waals surface area contributed by atoms with Crippen LogP contribution in [0.25, 0.3) is 0 Å². The summed E-state index contributed by atoms with van der Waals surface area (Å²) in [7, 11) is 4.24. The number of hydrogen-bond donors (Lipinski definition) is 1. The fourth-order valence-electron chi connectivity index (χ4n) is 1.67. The highest BCUT2D eigenvalue weighted by atomic mass is 16.3. The number of likely N-dealkylation sites (N-methyl/N-ethyl adjacent to an activating group) is 2. The van der Waals surface area contributed by atoms with Gasteiger partial charge in [0.25, 0.3) is 0 Å². The summed E-state index contributed by atoms with van der Waals surface area (Å²) >= 11 is 0. The summed E-state index contributed by atoms with van der Waals surface area (Å²) in [4.78, 5) is 4.62. The number of hydrogen-bond acceptors (Lipinski definition) is 3. The van der Waals surface area contributed by atoms with Gasteiger partial charge in [0.15, 0.2) is 0 Å². The van der Waals surface area contributed by atoms with E-state index in [0.717, 1.165) is 13.0 Å². The van der Waals surface area contributed by atoms with Crippen LogP contribution >= 0.6 is 0 Å². The summed E-state index contributed by atoms with van der Waals surface area (Å²) in [5.41, 5.74) is 0. The van der Waals surface area contributed by atoms with E-state index in [1.807, 2.05) is 0 Å². The molecule has 3 heteroatoms. The zero-order chi connectivity index (χ0) is 8.43. The van der Waals surface area contributed by atoms with Crippen LogP contribution in [0, 0.1) is 0 Å². The maximum absolute atomic E-state index is 8.77. The van der Waals surface area contributed by atoms with E-state index in [1.165, 1.54) is 0 Å². The van der Waals surface area contributed by atoms with Crippen molar-refractivity contribution in [3.8, 4) is 0 Å². The first kappa shape index (κ1) is 8.97. The van der Waals surface area contributed by atoms with Crippen molar-refractivity contribution < 1.29 is 5.11 Å². The average molecular weight is 158 g/mol. The average Bonchev–Trinajstić information content (AvgIpc) is 2.19. The lowest BCUT2D eigenvalue weighted by atomic mass is 10.2. The zero-order valence-electron chi connectivity index (χ0n) is 7.62. The zero-order valence-corrected chi connectivity index (χ0v) is 7.62. The molecule has 1 fully saturated rings. The van der Waals surface area contributed by atoms with Gasteiger partial charge in [-0.1, -0.05) is 0 Å². The SMILES string of the molecule is CC1N(C)CC(CCO)N1C. The van der Waals surface area contributed by atoms with Crippen LogP contribution in [-0.2, 0) is 0 Å². The molecule has 1 heterocycles. The molecule has 1 rings (SSSR count). The summed E-state index contributed by atoms with van der Waals surface area (Å²) in [5.74, 6) is 0. The summed E-state index contributed by atoms with van der Waals surface area (Å²) in [6.07, 6.45) is 1.41. The Morgan fingerprint density at radius 3 is 2.45 bits per heavy atom. The summed E-state index contributed by atoms with van der Waals surface area (Å²) < 4.78 is 0. The Morgan fingerprint density at radius 1 is 1.45 bits per heavy atom. The molecule has 0 radical (unpaired) electrons. The smallest absolute Gasteiger partial charge is 0.0591 e. The van der Waals surface area contributed by atoms with Crippen LogP contribution in [-0.4, -0.2) is 54.4 Å². The van der Waals surface area contributed by atoms with Crippen molar-refractivity contribution in [3.63, 3.8) is 0 Å². The fraction of sp³-hybridized carbons (Fsp3) is 1.00. The van der Waals surface area contributed by atoms with Crippen molar-refractivity contribution in [2.45, 2.75) is 25.6 Å². The van der Waals surface area contributed by atoms with Gasteiger partial charge in [0.05, 0.1) is 6.17 Å². The molecule has 0 aromatic carbocycles. The maximum atomic E-state index is 8.77. The lowest BCUT2D eigenvalue weighted by molar-refractivity contribution is 0.170. The van der Waals surface area contributed by atoms with Crippen molar-refractivity contribution in [2.75, 3.05) is 27.2 Å². The summed E-state index contributed by atoms with van der Waals surface area (Å²) in [5, 5.41) is 8.77. The van der Waals surface area contributed by atoms with E-state index in [4.69, 9.17) is 5.11 Å². The lowest BCUT2D eigenvalue weighted by Gasteiger charge is -2.22. The lowest BCUT2D eigenvalue weighted by Crippen LogP contribution is -2.34. The molecule has 1 N–H and O–H groups in total. The number of aliphatic hydroxyl groups is 1. The third-order valence-corrected chi connectivity index (χ3v) is 2.76. The molecule has 2 atom stereocenters. The van der Waals surface area contributed by atoms with E-state index in [0.29, 0.717) is 18.8 Å². The standard InChI is InChI=1S/C8H18N2O/c1-7-9(2)6-8(4-5-11)10(7)3/h7-8,11H,4-6H2,1-3H3. The predicted octanol–water partition coefficient (Wildman–Crippen LogP) is -0.0394. The normalized spacial score (nSPS) is 34.9. The number of nitrogens with zero attached hydrogens (tertiary/aromatic N) is 2. The van der Waals surface area contributed by atoms with Crippen molar-refractivity contribution >= 4 is 0 Å². The van der Waals surface area contributed by atoms with Crippen LogP contribution in [0.1, 0.15) is 13.3 Å². The molecular formula is C8H18N2O. The quantitative estimate of drug-likeness (QED) is 0.611. The van der Waals surface area contributed by atoms with Crippen molar-refractivity contribution in [2.24, 2.45) is 0 Å². The van der Waals surface area contributed by atoms with Crippen molar-refractivity contribution in [1.29, 1.82) is 0 Å². The van der Waals surface area contributed by atoms with E-state index >= 15 is 0 Å². The third-order valence-electron chi connectivity index (χ3n) is 2.76. The van der Waals surface area contributed by atoms with Gasteiger partial charge in [0.2, 0.25) is 0 Å². The first-order valence-corrected chi connectivity index (χ1v) is 4.20. The Balaban J connectivity index is 2.45. The van der Waals surface area contributed by atoms with Gasteiger partial charge in [-0.2, -0.15) is 0 Å². The van der Waals surface area contributed by atoms with E-state index in [1.54, 1.807) is 0 Å². The molecule has 1 aliphatic heterocycles. The first-order chi connectivity index (χ1) is 5.16. The van der Waals surface area contributed by atoms with Gasteiger partial charge in [-0.3, -0.25) is 9.80 Å². The van der Waals surface area contributed by atoms with E-state index in [9.17, 15) is 0 Å². The molecule has 0 amide bonds. The molecule has 0 spiro atoms. The van der Waals surface area contributed by atoms with Gasteiger partial charge in [-0.05, 0) is 27.4 Å². The van der Waals surface area contributed by atoms with Crippen molar-refractivity contribution in [3.05, 3.63) is 0 Å². The molecular weight excluding hydrogens is 140 g/mol. The Kier molecular flexibility index (Phi) is 2.87. The first-order valence-electron chi connectivity index (χ1n) is 4.20. The molecule has 0 saturated carbocycles. The minimum Gasteiger partial charge on any atom is -0.396 e. The van der Waals surface area contributed by atoms with Gasteiger partial charge >= 0.3 is 0 Å². The molecule has 1 saturated heterocycles. The second-order valence-electron chi connectivity index (χ2n) is 3.40. The highest BCUT2D eigenvalue weighted by Gasteiger charge is 2.30. The molecule has 11 heavy (non-hydrogen) atoms. The van der Waals surface area contributed by atoms with Gasteiger partial charge in [0.1, 0.15) is 0 Å². The molecule has 0 bridgehead atoms. The Labute approximate surface area is 68.6 Å². The molecule has 0 aromatic rings. The molecule has 1 aliphatic rings. The number of aliphatic hydroxyl groups excluding tert-OH is 1. The van der Waals surface area contributed by atoms with Gasteiger partial charge in [-0.15, -0.1) is 0 Å². The largest absolute Gasteiger partial charge is 0.396 e. The second-order valence-corrected chi connectivity index (χ2v) is 3.40. The van der Waals surface area contributed by atoms with Crippen LogP contribution in [0.3, 0.4) is 0 Å². The monoisotopic (exact) mass is 158 g/mol. The van der Waals surface area contributed by atoms with Crippen molar-refractivity contribution in [1.82, 2.24) is 9.80 Å². The number of rotatable bonds is 2. The van der Waals surface area contributed by atoms with Crippen LogP contribution in [0.15, 0.2) is 0 Å². The van der Waals surface area contributed by atoms with Gasteiger partial charge < -0.3 is 5.11 Å². The van der Waals surface area contributed by atoms with E-state index in [-0.39, 0.29) is 0 Å². The maximum Gasteiger partial charge on any atom is 0.0591 e. The minimum atomic E-state index is 0.301. The second kappa shape index (κ2) is 3.52. The molecule has 0 aromatic heterocycles. The topological polar surface area (TPSA) is 26.7 Å². The third kappa shape index (κ3) is 1.72. The molecule has 3 nitrogen and oxygen atoms in total. The Hall–Kier alpha value is -0.120. The van der Waals surface area contributed by atoms with E-state index < -0.39 is 0 Å². The highest BCUT2D eigenvalue weighted by molar-refractivity contribution is 4.83. The Morgan fingerprint density at radius 2 is 2.09 bits per heavy atom. The Bertz CT molecular complexity index is 129. The highest BCUT2D eigenvalue weighted by Crippen LogP contribution is 2.17.